The van der Waals surface area contributed by atoms with Gasteiger partial charge in [0.25, 0.3) is 0 Å². The third-order valence-corrected chi connectivity index (χ3v) is 5.48. The molecule has 1 aromatic rings. The summed E-state index contributed by atoms with van der Waals surface area (Å²) in [7, 11) is -3.02. The molecule has 1 saturated heterocycles. The highest BCUT2D eigenvalue weighted by Crippen LogP contribution is 2.20. The van der Waals surface area contributed by atoms with Crippen molar-refractivity contribution in [3.8, 4) is 0 Å². The van der Waals surface area contributed by atoms with Crippen LogP contribution in [-0.2, 0) is 14.6 Å². The molecule has 21 heavy (non-hydrogen) atoms. The number of aryl methyl sites for hydroxylation is 1. The monoisotopic (exact) mass is 310 g/mol. The molecule has 1 N–H and O–H groups in total. The molecule has 0 aliphatic carbocycles. The standard InChI is InChI=1S/C15H22N2O3S/c1-3-17(14-7-5-4-6-12(14)2)15(18)10-13-11-21(19,20)9-8-16-13/h4-7,13,16H,3,8-11H2,1-2H3. The number of hydrogen-bond donors (Lipinski definition) is 1. The molecule has 1 aliphatic heterocycles. The van der Waals surface area contributed by atoms with E-state index >= 15 is 0 Å². The minimum Gasteiger partial charge on any atom is -0.312 e. The molecule has 6 heteroatoms. The normalized spacial score (nSPS) is 21.0. The second kappa shape index (κ2) is 6.58. The van der Waals surface area contributed by atoms with Crippen molar-refractivity contribution in [2.75, 3.05) is 29.5 Å². The fourth-order valence-electron chi connectivity index (χ4n) is 2.67. The van der Waals surface area contributed by atoms with Gasteiger partial charge in [-0.1, -0.05) is 18.2 Å². The summed E-state index contributed by atoms with van der Waals surface area (Å²) in [4.78, 5) is 14.2. The van der Waals surface area contributed by atoms with E-state index in [1.165, 1.54) is 0 Å². The lowest BCUT2D eigenvalue weighted by atomic mass is 10.1. The molecule has 0 aromatic heterocycles. The molecule has 1 amide bonds. The lowest BCUT2D eigenvalue weighted by Gasteiger charge is -2.27. The van der Waals surface area contributed by atoms with Crippen molar-refractivity contribution in [3.05, 3.63) is 29.8 Å². The van der Waals surface area contributed by atoms with Gasteiger partial charge in [0.1, 0.15) is 0 Å². The number of carbonyl (C=O) groups excluding carboxylic acids is 1. The van der Waals surface area contributed by atoms with Crippen LogP contribution in [0, 0.1) is 6.92 Å². The zero-order chi connectivity index (χ0) is 15.5. The largest absolute Gasteiger partial charge is 0.312 e. The van der Waals surface area contributed by atoms with Crippen LogP contribution in [0.25, 0.3) is 0 Å². The van der Waals surface area contributed by atoms with Gasteiger partial charge in [0, 0.05) is 31.2 Å². The van der Waals surface area contributed by atoms with Crippen LogP contribution in [0.1, 0.15) is 18.9 Å². The molecule has 1 unspecified atom stereocenters. The average Bonchev–Trinajstić information content (AvgIpc) is 2.40. The average molecular weight is 310 g/mol. The molecule has 0 bridgehead atoms. The predicted octanol–water partition coefficient (Wildman–Crippen LogP) is 1.12. The molecule has 1 atom stereocenters. The Balaban J connectivity index is 2.09. The summed E-state index contributed by atoms with van der Waals surface area (Å²) in [5.74, 6) is 0.165. The Labute approximate surface area is 126 Å². The molecule has 1 heterocycles. The van der Waals surface area contributed by atoms with Crippen LogP contribution in [0.15, 0.2) is 24.3 Å². The topological polar surface area (TPSA) is 66.5 Å². The summed E-state index contributed by atoms with van der Waals surface area (Å²) in [6, 6.07) is 7.44. The van der Waals surface area contributed by atoms with Gasteiger partial charge in [-0.25, -0.2) is 8.42 Å². The first-order chi connectivity index (χ1) is 9.93. The fourth-order valence-corrected chi connectivity index (χ4v) is 4.11. The Morgan fingerprint density at radius 1 is 1.38 bits per heavy atom. The van der Waals surface area contributed by atoms with Crippen LogP contribution in [0.3, 0.4) is 0 Å². The zero-order valence-corrected chi connectivity index (χ0v) is 13.3. The Kier molecular flexibility index (Phi) is 5.00. The molecule has 0 radical (unpaired) electrons. The first kappa shape index (κ1) is 16.0. The highest BCUT2D eigenvalue weighted by Gasteiger charge is 2.28. The highest BCUT2D eigenvalue weighted by atomic mass is 32.2. The van der Waals surface area contributed by atoms with E-state index in [1.54, 1.807) is 4.90 Å². The maximum atomic E-state index is 12.5. The predicted molar refractivity (Wildman–Crippen MR) is 84.3 cm³/mol. The number of nitrogens with one attached hydrogen (secondary N) is 1. The Morgan fingerprint density at radius 3 is 2.71 bits per heavy atom. The number of hydrogen-bond acceptors (Lipinski definition) is 4. The molecule has 2 rings (SSSR count). The van der Waals surface area contributed by atoms with E-state index in [4.69, 9.17) is 0 Å². The van der Waals surface area contributed by atoms with Crippen molar-refractivity contribution < 1.29 is 13.2 Å². The van der Waals surface area contributed by atoms with Crippen molar-refractivity contribution in [1.82, 2.24) is 5.32 Å². The van der Waals surface area contributed by atoms with Gasteiger partial charge >= 0.3 is 0 Å². The molecule has 1 aromatic carbocycles. The molecular weight excluding hydrogens is 288 g/mol. The second-order valence-electron chi connectivity index (χ2n) is 5.39. The number of amides is 1. The summed E-state index contributed by atoms with van der Waals surface area (Å²) in [6.45, 7) is 4.89. The molecule has 0 spiro atoms. The number of anilines is 1. The van der Waals surface area contributed by atoms with Gasteiger partial charge in [-0.3, -0.25) is 4.79 Å². The number of carbonyl (C=O) groups is 1. The molecule has 0 saturated carbocycles. The van der Waals surface area contributed by atoms with E-state index in [1.807, 2.05) is 38.1 Å². The van der Waals surface area contributed by atoms with E-state index in [0.717, 1.165) is 11.3 Å². The van der Waals surface area contributed by atoms with Crippen LogP contribution in [0.5, 0.6) is 0 Å². The number of sulfone groups is 1. The van der Waals surface area contributed by atoms with Gasteiger partial charge in [0.15, 0.2) is 9.84 Å². The minimum atomic E-state index is -3.02. The van der Waals surface area contributed by atoms with Gasteiger partial charge < -0.3 is 10.2 Å². The Morgan fingerprint density at radius 2 is 2.10 bits per heavy atom. The maximum Gasteiger partial charge on any atom is 0.228 e. The van der Waals surface area contributed by atoms with E-state index in [2.05, 4.69) is 5.32 Å². The van der Waals surface area contributed by atoms with E-state index in [9.17, 15) is 13.2 Å². The van der Waals surface area contributed by atoms with Crippen LogP contribution < -0.4 is 10.2 Å². The summed E-state index contributed by atoms with van der Waals surface area (Å²) in [5, 5.41) is 3.12. The van der Waals surface area contributed by atoms with Crippen molar-refractivity contribution in [3.63, 3.8) is 0 Å². The van der Waals surface area contributed by atoms with E-state index in [-0.39, 0.29) is 29.9 Å². The lowest BCUT2D eigenvalue weighted by molar-refractivity contribution is -0.119. The number of rotatable bonds is 4. The van der Waals surface area contributed by atoms with E-state index in [0.29, 0.717) is 13.1 Å². The quantitative estimate of drug-likeness (QED) is 0.905. The number of benzene rings is 1. The summed E-state index contributed by atoms with van der Waals surface area (Å²) in [5.41, 5.74) is 1.93. The minimum absolute atomic E-state index is 0.0404. The second-order valence-corrected chi connectivity index (χ2v) is 7.62. The van der Waals surface area contributed by atoms with Crippen LogP contribution >= 0.6 is 0 Å². The molecule has 116 valence electrons. The Hall–Kier alpha value is -1.40. The van der Waals surface area contributed by atoms with Gasteiger partial charge in [0.05, 0.1) is 11.5 Å². The third-order valence-electron chi connectivity index (χ3n) is 3.75. The lowest BCUT2D eigenvalue weighted by Crippen LogP contribution is -2.48. The van der Waals surface area contributed by atoms with Crippen LogP contribution in [0.4, 0.5) is 5.69 Å². The van der Waals surface area contributed by atoms with Gasteiger partial charge in [0.2, 0.25) is 5.91 Å². The van der Waals surface area contributed by atoms with Crippen molar-refractivity contribution in [2.24, 2.45) is 0 Å². The van der Waals surface area contributed by atoms with Gasteiger partial charge in [-0.15, -0.1) is 0 Å². The fraction of sp³-hybridized carbons (Fsp3) is 0.533. The third kappa shape index (κ3) is 4.04. The SMILES string of the molecule is CCN(C(=O)CC1CS(=O)(=O)CCN1)c1ccccc1C. The van der Waals surface area contributed by atoms with Crippen molar-refractivity contribution in [1.29, 1.82) is 0 Å². The van der Waals surface area contributed by atoms with E-state index < -0.39 is 9.84 Å². The van der Waals surface area contributed by atoms with Crippen LogP contribution in [0.2, 0.25) is 0 Å². The zero-order valence-electron chi connectivity index (χ0n) is 12.5. The van der Waals surface area contributed by atoms with Crippen LogP contribution in [-0.4, -0.2) is 45.0 Å². The van der Waals surface area contributed by atoms with Gasteiger partial charge in [-0.2, -0.15) is 0 Å². The molecule has 1 aliphatic rings. The van der Waals surface area contributed by atoms with Crippen molar-refractivity contribution in [2.45, 2.75) is 26.3 Å². The molecule has 1 fully saturated rings. The smallest absolute Gasteiger partial charge is 0.228 e. The van der Waals surface area contributed by atoms with Crippen molar-refractivity contribution >= 4 is 21.4 Å². The molecular formula is C15H22N2O3S. The first-order valence-electron chi connectivity index (χ1n) is 7.22. The molecule has 5 nitrogen and oxygen atoms in total. The maximum absolute atomic E-state index is 12.5. The summed E-state index contributed by atoms with van der Waals surface area (Å²) >= 11 is 0. The number of para-hydroxylation sites is 1. The summed E-state index contributed by atoms with van der Waals surface area (Å²) < 4.78 is 23.3. The first-order valence-corrected chi connectivity index (χ1v) is 9.05. The Bertz CT molecular complexity index is 613. The number of nitrogens with zero attached hydrogens (tertiary/aromatic N) is 1. The summed E-state index contributed by atoms with van der Waals surface area (Å²) in [6.07, 6.45) is 0.210. The highest BCUT2D eigenvalue weighted by molar-refractivity contribution is 7.91. The van der Waals surface area contributed by atoms with Gasteiger partial charge in [-0.05, 0) is 25.5 Å².